The monoisotopic (exact) mass is 152 g/mol. The maximum absolute atomic E-state index is 2.47. The molecule has 2 unspecified atom stereocenters. The Hall–Kier alpha value is 0.0900. The predicted molar refractivity (Wildman–Crippen MR) is 45.0 cm³/mol. The Bertz CT molecular complexity index is 167. The van der Waals surface area contributed by atoms with Gasteiger partial charge in [-0.05, 0) is 41.6 Å². The highest BCUT2D eigenvalue weighted by atomic mass is 32.2. The van der Waals surface area contributed by atoms with Crippen molar-refractivity contribution >= 4 is 11.8 Å². The summed E-state index contributed by atoms with van der Waals surface area (Å²) >= 11 is 2.17. The SMILES string of the molecule is C1=CC2CC1[C@H]1CSC[C@@H]21. The number of hydrogen-bond acceptors (Lipinski definition) is 1. The molecule has 0 amide bonds. The molecule has 1 heterocycles. The summed E-state index contributed by atoms with van der Waals surface area (Å²) in [6.45, 7) is 0. The van der Waals surface area contributed by atoms with Crippen molar-refractivity contribution in [2.24, 2.45) is 23.7 Å². The summed E-state index contributed by atoms with van der Waals surface area (Å²) in [5, 5.41) is 0. The Kier molecular flexibility index (Phi) is 1.04. The van der Waals surface area contributed by atoms with Gasteiger partial charge in [0, 0.05) is 0 Å². The van der Waals surface area contributed by atoms with E-state index in [2.05, 4.69) is 23.9 Å². The molecule has 0 aromatic carbocycles. The van der Waals surface area contributed by atoms with Crippen LogP contribution in [-0.4, -0.2) is 11.5 Å². The molecule has 2 bridgehead atoms. The molecule has 0 radical (unpaired) electrons. The van der Waals surface area contributed by atoms with Crippen LogP contribution in [0.5, 0.6) is 0 Å². The van der Waals surface area contributed by atoms with Gasteiger partial charge in [0.1, 0.15) is 0 Å². The number of fused-ring (bicyclic) bond motifs is 5. The third-order valence-corrected chi connectivity index (χ3v) is 4.66. The Morgan fingerprint density at radius 2 is 1.60 bits per heavy atom. The minimum absolute atomic E-state index is 0.991. The summed E-state index contributed by atoms with van der Waals surface area (Å²) < 4.78 is 0. The highest BCUT2D eigenvalue weighted by Crippen LogP contribution is 2.53. The standard InChI is InChI=1S/C9H12S/c1-2-7-3-6(1)8-4-10-5-9(7)8/h1-2,6-9H,3-5H2/t6?,7?,8-,9+. The zero-order chi connectivity index (χ0) is 6.55. The summed E-state index contributed by atoms with van der Waals surface area (Å²) in [4.78, 5) is 0. The second kappa shape index (κ2) is 1.82. The molecule has 0 aromatic rings. The van der Waals surface area contributed by atoms with Gasteiger partial charge in [-0.15, -0.1) is 0 Å². The van der Waals surface area contributed by atoms with Crippen molar-refractivity contribution in [1.29, 1.82) is 0 Å². The first-order valence-corrected chi connectivity index (χ1v) is 5.37. The number of thioether (sulfide) groups is 1. The van der Waals surface area contributed by atoms with Crippen LogP contribution in [0.15, 0.2) is 12.2 Å². The van der Waals surface area contributed by atoms with Crippen LogP contribution in [0.1, 0.15) is 6.42 Å². The smallest absolute Gasteiger partial charge is 0.00302 e. The van der Waals surface area contributed by atoms with Crippen LogP contribution < -0.4 is 0 Å². The van der Waals surface area contributed by atoms with Crippen LogP contribution in [-0.2, 0) is 0 Å². The molecule has 2 aliphatic carbocycles. The second-order valence-corrected chi connectivity index (χ2v) is 4.89. The van der Waals surface area contributed by atoms with Gasteiger partial charge in [0.05, 0.1) is 0 Å². The molecule has 54 valence electrons. The summed E-state index contributed by atoms with van der Waals surface area (Å²) in [5.41, 5.74) is 0. The second-order valence-electron chi connectivity index (χ2n) is 3.81. The lowest BCUT2D eigenvalue weighted by Crippen LogP contribution is -2.16. The Labute approximate surface area is 66.1 Å². The van der Waals surface area contributed by atoms with E-state index in [1.807, 2.05) is 0 Å². The quantitative estimate of drug-likeness (QED) is 0.479. The van der Waals surface area contributed by atoms with E-state index in [1.54, 1.807) is 0 Å². The molecule has 0 nitrogen and oxygen atoms in total. The first-order valence-electron chi connectivity index (χ1n) is 4.21. The highest BCUT2D eigenvalue weighted by Gasteiger charge is 2.46. The van der Waals surface area contributed by atoms with Crippen LogP contribution in [0.4, 0.5) is 0 Å². The van der Waals surface area contributed by atoms with Crippen molar-refractivity contribution in [2.45, 2.75) is 6.42 Å². The largest absolute Gasteiger partial charge is 0.161 e. The van der Waals surface area contributed by atoms with E-state index < -0.39 is 0 Å². The van der Waals surface area contributed by atoms with Crippen LogP contribution >= 0.6 is 11.8 Å². The number of rotatable bonds is 0. The van der Waals surface area contributed by atoms with Crippen molar-refractivity contribution in [3.8, 4) is 0 Å². The van der Waals surface area contributed by atoms with Crippen molar-refractivity contribution in [3.05, 3.63) is 12.2 Å². The molecule has 1 saturated carbocycles. The molecular formula is C9H12S. The van der Waals surface area contributed by atoms with E-state index in [0.29, 0.717) is 0 Å². The zero-order valence-corrected chi connectivity index (χ0v) is 6.81. The lowest BCUT2D eigenvalue weighted by Gasteiger charge is -2.18. The van der Waals surface area contributed by atoms with E-state index in [1.165, 1.54) is 17.9 Å². The Morgan fingerprint density at radius 1 is 1.00 bits per heavy atom. The van der Waals surface area contributed by atoms with Gasteiger partial charge in [0.15, 0.2) is 0 Å². The fourth-order valence-electron chi connectivity index (χ4n) is 2.86. The summed E-state index contributed by atoms with van der Waals surface area (Å²) in [6.07, 6.45) is 6.44. The van der Waals surface area contributed by atoms with Crippen molar-refractivity contribution in [1.82, 2.24) is 0 Å². The van der Waals surface area contributed by atoms with Crippen LogP contribution in [0.3, 0.4) is 0 Å². The lowest BCUT2D eigenvalue weighted by molar-refractivity contribution is 0.395. The van der Waals surface area contributed by atoms with Gasteiger partial charge in [-0.2, -0.15) is 11.8 Å². The maximum Gasteiger partial charge on any atom is -0.00302 e. The first-order chi connectivity index (χ1) is 4.95. The molecule has 4 atom stereocenters. The number of hydrogen-bond donors (Lipinski definition) is 0. The van der Waals surface area contributed by atoms with Gasteiger partial charge in [0.25, 0.3) is 0 Å². The van der Waals surface area contributed by atoms with Gasteiger partial charge in [-0.25, -0.2) is 0 Å². The van der Waals surface area contributed by atoms with E-state index >= 15 is 0 Å². The molecule has 2 fully saturated rings. The van der Waals surface area contributed by atoms with Crippen molar-refractivity contribution < 1.29 is 0 Å². The van der Waals surface area contributed by atoms with E-state index in [-0.39, 0.29) is 0 Å². The molecular weight excluding hydrogens is 140 g/mol. The zero-order valence-electron chi connectivity index (χ0n) is 5.99. The van der Waals surface area contributed by atoms with Gasteiger partial charge >= 0.3 is 0 Å². The number of allylic oxidation sites excluding steroid dienone is 2. The average molecular weight is 152 g/mol. The Morgan fingerprint density at radius 3 is 2.20 bits per heavy atom. The predicted octanol–water partition coefficient (Wildman–Crippen LogP) is 2.17. The molecule has 1 heteroatoms. The van der Waals surface area contributed by atoms with Gasteiger partial charge < -0.3 is 0 Å². The topological polar surface area (TPSA) is 0 Å². The first kappa shape index (κ1) is 5.70. The minimum Gasteiger partial charge on any atom is -0.161 e. The lowest BCUT2D eigenvalue weighted by atomic mass is 9.86. The summed E-state index contributed by atoms with van der Waals surface area (Å²) in [7, 11) is 0. The van der Waals surface area contributed by atoms with E-state index in [0.717, 1.165) is 23.7 Å². The molecule has 1 saturated heterocycles. The van der Waals surface area contributed by atoms with Gasteiger partial charge in [-0.3, -0.25) is 0 Å². The van der Waals surface area contributed by atoms with Crippen molar-refractivity contribution in [3.63, 3.8) is 0 Å². The average Bonchev–Trinajstić information content (AvgIpc) is 2.60. The fourth-order valence-corrected chi connectivity index (χ4v) is 4.53. The maximum atomic E-state index is 2.47. The van der Waals surface area contributed by atoms with Crippen LogP contribution in [0.2, 0.25) is 0 Å². The van der Waals surface area contributed by atoms with E-state index in [9.17, 15) is 0 Å². The van der Waals surface area contributed by atoms with E-state index in [4.69, 9.17) is 0 Å². The molecule has 0 spiro atoms. The molecule has 0 aromatic heterocycles. The van der Waals surface area contributed by atoms with Crippen LogP contribution in [0.25, 0.3) is 0 Å². The normalized spacial score (nSPS) is 56.0. The molecule has 10 heavy (non-hydrogen) atoms. The molecule has 1 aliphatic heterocycles. The fraction of sp³-hybridized carbons (Fsp3) is 0.778. The molecule has 3 rings (SSSR count). The molecule has 3 aliphatic rings. The van der Waals surface area contributed by atoms with Gasteiger partial charge in [-0.1, -0.05) is 12.2 Å². The van der Waals surface area contributed by atoms with Crippen molar-refractivity contribution in [2.75, 3.05) is 11.5 Å². The highest BCUT2D eigenvalue weighted by molar-refractivity contribution is 7.99. The van der Waals surface area contributed by atoms with Gasteiger partial charge in [0.2, 0.25) is 0 Å². The third kappa shape index (κ3) is 0.554. The third-order valence-electron chi connectivity index (χ3n) is 3.42. The Balaban J connectivity index is 1.99. The minimum atomic E-state index is 0.991. The molecule has 0 N–H and O–H groups in total. The summed E-state index contributed by atoms with van der Waals surface area (Å²) in [5.74, 6) is 7.06. The van der Waals surface area contributed by atoms with Crippen LogP contribution in [0, 0.1) is 23.7 Å². The summed E-state index contributed by atoms with van der Waals surface area (Å²) in [6, 6.07) is 0.